The molecule has 5 heteroatoms. The van der Waals surface area contributed by atoms with Gasteiger partial charge in [0, 0.05) is 37.3 Å². The Morgan fingerprint density at radius 2 is 1.81 bits per heavy atom. The second-order valence-electron chi connectivity index (χ2n) is 7.08. The molecule has 2 aromatic rings. The van der Waals surface area contributed by atoms with Gasteiger partial charge in [0.1, 0.15) is 6.61 Å². The summed E-state index contributed by atoms with van der Waals surface area (Å²) in [5.74, 6) is 0.0393. The number of hydrogen-bond acceptors (Lipinski definition) is 3. The molecule has 0 radical (unpaired) electrons. The molecule has 1 atom stereocenters. The average Bonchev–Trinajstić information content (AvgIpc) is 3.02. The summed E-state index contributed by atoms with van der Waals surface area (Å²) in [6.07, 6.45) is 4.25. The van der Waals surface area contributed by atoms with E-state index in [1.165, 1.54) is 0 Å². The van der Waals surface area contributed by atoms with Crippen LogP contribution in [0.25, 0.3) is 0 Å². The van der Waals surface area contributed by atoms with Gasteiger partial charge in [0.15, 0.2) is 0 Å². The molecule has 0 bridgehead atoms. The van der Waals surface area contributed by atoms with Crippen LogP contribution in [0.1, 0.15) is 24.5 Å². The fraction of sp³-hybridized carbons (Fsp3) is 0.273. The summed E-state index contributed by atoms with van der Waals surface area (Å²) < 4.78 is 5.42. The smallest absolute Gasteiger partial charge is 0.414 e. The van der Waals surface area contributed by atoms with E-state index in [9.17, 15) is 9.59 Å². The molecular formula is C22H22N2O3. The molecule has 138 valence electrons. The second kappa shape index (κ2) is 6.91. The first-order chi connectivity index (χ1) is 13.1. The lowest BCUT2D eigenvalue weighted by molar-refractivity contribution is -0.116. The number of ether oxygens (including phenoxy) is 1. The van der Waals surface area contributed by atoms with Crippen LogP contribution in [0, 0.1) is 0 Å². The Bertz CT molecular complexity index is 893. The molecular weight excluding hydrogens is 340 g/mol. The molecule has 2 aliphatic heterocycles. The Kier molecular flexibility index (Phi) is 4.44. The van der Waals surface area contributed by atoms with Crippen molar-refractivity contribution in [2.45, 2.75) is 25.4 Å². The summed E-state index contributed by atoms with van der Waals surface area (Å²) in [4.78, 5) is 27.9. The Balaban J connectivity index is 1.48. The lowest BCUT2D eigenvalue weighted by Crippen LogP contribution is -2.41. The van der Waals surface area contributed by atoms with Crippen molar-refractivity contribution >= 4 is 17.7 Å². The minimum absolute atomic E-state index is 0.0393. The van der Waals surface area contributed by atoms with Crippen molar-refractivity contribution in [1.82, 2.24) is 4.90 Å². The number of rotatable bonds is 2. The van der Waals surface area contributed by atoms with E-state index in [0.29, 0.717) is 13.1 Å². The van der Waals surface area contributed by atoms with Crippen molar-refractivity contribution < 1.29 is 14.3 Å². The van der Waals surface area contributed by atoms with Crippen LogP contribution in [0.15, 0.2) is 66.9 Å². The van der Waals surface area contributed by atoms with Crippen molar-refractivity contribution in [3.63, 3.8) is 0 Å². The number of para-hydroxylation sites is 1. The summed E-state index contributed by atoms with van der Waals surface area (Å²) in [6, 6.07) is 17.7. The molecule has 27 heavy (non-hydrogen) atoms. The van der Waals surface area contributed by atoms with E-state index >= 15 is 0 Å². The molecule has 1 spiro atoms. The molecule has 0 aromatic heterocycles. The molecule has 4 rings (SSSR count). The molecule has 2 amide bonds. The van der Waals surface area contributed by atoms with E-state index in [0.717, 1.165) is 23.2 Å². The van der Waals surface area contributed by atoms with Gasteiger partial charge in [-0.3, -0.25) is 9.69 Å². The summed E-state index contributed by atoms with van der Waals surface area (Å²) in [5, 5.41) is 0. The van der Waals surface area contributed by atoms with Crippen LogP contribution in [0.4, 0.5) is 10.5 Å². The van der Waals surface area contributed by atoms with E-state index < -0.39 is 0 Å². The van der Waals surface area contributed by atoms with Crippen molar-refractivity contribution in [2.24, 2.45) is 0 Å². The minimum atomic E-state index is -0.348. The highest BCUT2D eigenvalue weighted by Gasteiger charge is 2.44. The van der Waals surface area contributed by atoms with Crippen LogP contribution in [0.5, 0.6) is 0 Å². The van der Waals surface area contributed by atoms with Gasteiger partial charge in [-0.1, -0.05) is 54.6 Å². The van der Waals surface area contributed by atoms with Gasteiger partial charge in [-0.15, -0.1) is 0 Å². The molecule has 2 aromatic carbocycles. The van der Waals surface area contributed by atoms with Crippen LogP contribution in [0.3, 0.4) is 0 Å². The normalized spacial score (nSPS) is 20.6. The van der Waals surface area contributed by atoms with Crippen molar-refractivity contribution in [3.05, 3.63) is 78.0 Å². The fourth-order valence-corrected chi connectivity index (χ4v) is 3.88. The van der Waals surface area contributed by atoms with Gasteiger partial charge in [-0.25, -0.2) is 4.79 Å². The van der Waals surface area contributed by atoms with E-state index in [4.69, 9.17) is 4.74 Å². The van der Waals surface area contributed by atoms with E-state index in [1.807, 2.05) is 59.5 Å². The van der Waals surface area contributed by atoms with Crippen LogP contribution in [0.2, 0.25) is 0 Å². The Hall–Kier alpha value is -3.08. The Morgan fingerprint density at radius 1 is 1.07 bits per heavy atom. The van der Waals surface area contributed by atoms with Crippen molar-refractivity contribution in [1.29, 1.82) is 0 Å². The lowest BCUT2D eigenvalue weighted by Gasteiger charge is -2.34. The van der Waals surface area contributed by atoms with Gasteiger partial charge < -0.3 is 9.64 Å². The number of carbonyl (C=O) groups excluding carboxylic acids is 2. The first-order valence-electron chi connectivity index (χ1n) is 9.13. The molecule has 0 N–H and O–H groups in total. The zero-order valence-corrected chi connectivity index (χ0v) is 15.3. The summed E-state index contributed by atoms with van der Waals surface area (Å²) >= 11 is 0. The first kappa shape index (κ1) is 17.3. The number of fused-ring (bicyclic) bond motifs is 2. The fourth-order valence-electron chi connectivity index (χ4n) is 3.88. The van der Waals surface area contributed by atoms with Gasteiger partial charge >= 0.3 is 6.09 Å². The number of nitrogens with zero attached hydrogens (tertiary/aromatic N) is 2. The standard InChI is InChI=1S/C22H22N2O3/c1-17(25)24-16-22(19-9-5-6-10-20(19)24)11-13-23(14-12-22)21(26)27-15-18-7-3-2-4-8-18/h2-11,13H,12,14-16H2,1H3. The van der Waals surface area contributed by atoms with Gasteiger partial charge in [0.05, 0.1) is 0 Å². The third kappa shape index (κ3) is 3.21. The molecule has 0 fully saturated rings. The number of carbonyl (C=O) groups is 2. The van der Waals surface area contributed by atoms with E-state index in [-0.39, 0.29) is 24.0 Å². The molecule has 0 saturated heterocycles. The molecule has 1 unspecified atom stereocenters. The predicted molar refractivity (Wildman–Crippen MR) is 103 cm³/mol. The average molecular weight is 362 g/mol. The zero-order chi connectivity index (χ0) is 18.9. The SMILES string of the molecule is CC(=O)N1CC2(C=CN(C(=O)OCc3ccccc3)CC2)c2ccccc21. The minimum Gasteiger partial charge on any atom is -0.444 e. The maximum atomic E-state index is 12.4. The maximum Gasteiger partial charge on any atom is 0.414 e. The highest BCUT2D eigenvalue weighted by Crippen LogP contribution is 2.45. The third-order valence-electron chi connectivity index (χ3n) is 5.36. The van der Waals surface area contributed by atoms with Crippen LogP contribution < -0.4 is 4.90 Å². The van der Waals surface area contributed by atoms with Crippen LogP contribution in [-0.2, 0) is 21.6 Å². The molecule has 0 saturated carbocycles. The number of benzene rings is 2. The van der Waals surface area contributed by atoms with Gasteiger partial charge in [0.2, 0.25) is 5.91 Å². The Labute approximate surface area is 158 Å². The maximum absolute atomic E-state index is 12.4. The Morgan fingerprint density at radius 3 is 2.52 bits per heavy atom. The number of amides is 2. The third-order valence-corrected chi connectivity index (χ3v) is 5.36. The number of anilines is 1. The van der Waals surface area contributed by atoms with Crippen molar-refractivity contribution in [2.75, 3.05) is 18.0 Å². The molecule has 2 heterocycles. The molecule has 0 aliphatic carbocycles. The highest BCUT2D eigenvalue weighted by molar-refractivity contribution is 5.95. The largest absolute Gasteiger partial charge is 0.444 e. The van der Waals surface area contributed by atoms with E-state index in [2.05, 4.69) is 6.07 Å². The molecule has 5 nitrogen and oxygen atoms in total. The highest BCUT2D eigenvalue weighted by atomic mass is 16.6. The summed E-state index contributed by atoms with van der Waals surface area (Å²) in [5.41, 5.74) is 2.84. The van der Waals surface area contributed by atoms with Crippen LogP contribution >= 0.6 is 0 Å². The van der Waals surface area contributed by atoms with E-state index in [1.54, 1.807) is 18.0 Å². The molecule has 2 aliphatic rings. The summed E-state index contributed by atoms with van der Waals surface area (Å²) in [6.45, 7) is 3.03. The van der Waals surface area contributed by atoms with Gasteiger partial charge in [-0.05, 0) is 23.6 Å². The predicted octanol–water partition coefficient (Wildman–Crippen LogP) is 3.85. The topological polar surface area (TPSA) is 49.9 Å². The quantitative estimate of drug-likeness (QED) is 0.815. The second-order valence-corrected chi connectivity index (χ2v) is 7.08. The number of hydrogen-bond donors (Lipinski definition) is 0. The van der Waals surface area contributed by atoms with Gasteiger partial charge in [-0.2, -0.15) is 0 Å². The lowest BCUT2D eigenvalue weighted by atomic mass is 9.78. The van der Waals surface area contributed by atoms with Crippen LogP contribution in [-0.4, -0.2) is 30.0 Å². The monoisotopic (exact) mass is 362 g/mol. The van der Waals surface area contributed by atoms with Crippen molar-refractivity contribution in [3.8, 4) is 0 Å². The summed E-state index contributed by atoms with van der Waals surface area (Å²) in [7, 11) is 0. The zero-order valence-electron chi connectivity index (χ0n) is 15.3. The van der Waals surface area contributed by atoms with Gasteiger partial charge in [0.25, 0.3) is 0 Å². The first-order valence-corrected chi connectivity index (χ1v) is 9.13.